The lowest BCUT2D eigenvalue weighted by Gasteiger charge is -2.16. The number of sulfonamides is 1. The molecule has 0 fully saturated rings. The second kappa shape index (κ2) is 6.41. The summed E-state index contributed by atoms with van der Waals surface area (Å²) in [6.45, 7) is 1.86. The van der Waals surface area contributed by atoms with Gasteiger partial charge in [-0.05, 0) is 17.9 Å². The van der Waals surface area contributed by atoms with Gasteiger partial charge < -0.3 is 5.11 Å². The lowest BCUT2D eigenvalue weighted by molar-refractivity contribution is -0.140. The van der Waals surface area contributed by atoms with E-state index in [0.29, 0.717) is 0 Å². The van der Waals surface area contributed by atoms with Crippen LogP contribution in [-0.4, -0.2) is 31.3 Å². The molecule has 0 aliphatic heterocycles. The highest BCUT2D eigenvalue weighted by atomic mass is 32.2. The lowest BCUT2D eigenvalue weighted by atomic mass is 10.0. The number of carbonyl (C=O) groups is 1. The summed E-state index contributed by atoms with van der Waals surface area (Å²) >= 11 is 0. The Kier molecular flexibility index (Phi) is 4.80. The monoisotopic (exact) mass is 309 g/mol. The van der Waals surface area contributed by atoms with E-state index >= 15 is 0 Å². The van der Waals surface area contributed by atoms with Crippen LogP contribution in [-0.2, 0) is 14.8 Å². The van der Waals surface area contributed by atoms with Gasteiger partial charge in [-0.1, -0.05) is 49.4 Å². The Morgan fingerprint density at radius 2 is 2.00 bits per heavy atom. The van der Waals surface area contributed by atoms with Crippen LogP contribution in [0.25, 0.3) is 0 Å². The second-order valence-electron chi connectivity index (χ2n) is 5.38. The fourth-order valence-corrected chi connectivity index (χ4v) is 4.04. The Morgan fingerprint density at radius 1 is 1.33 bits per heavy atom. The third-order valence-corrected chi connectivity index (χ3v) is 5.17. The summed E-state index contributed by atoms with van der Waals surface area (Å²) in [6.07, 6.45) is 3.42. The van der Waals surface area contributed by atoms with Gasteiger partial charge >= 0.3 is 5.97 Å². The molecule has 3 unspecified atom stereocenters. The molecule has 0 heterocycles. The SMILES string of the molecule is CC(CS(=O)(=O)NC1C=CC(C(=O)O)C1)c1ccccc1. The van der Waals surface area contributed by atoms with E-state index in [0.717, 1.165) is 5.56 Å². The summed E-state index contributed by atoms with van der Waals surface area (Å²) in [5.41, 5.74) is 0.966. The molecule has 1 aromatic carbocycles. The summed E-state index contributed by atoms with van der Waals surface area (Å²) in [5, 5.41) is 8.89. The van der Waals surface area contributed by atoms with Gasteiger partial charge in [0, 0.05) is 6.04 Å². The third kappa shape index (κ3) is 4.41. The van der Waals surface area contributed by atoms with Crippen molar-refractivity contribution >= 4 is 16.0 Å². The van der Waals surface area contributed by atoms with Gasteiger partial charge in [-0.15, -0.1) is 0 Å². The molecule has 0 spiro atoms. The molecule has 2 N–H and O–H groups in total. The van der Waals surface area contributed by atoms with Crippen LogP contribution in [0.4, 0.5) is 0 Å². The summed E-state index contributed by atoms with van der Waals surface area (Å²) in [6, 6.07) is 9.01. The maximum atomic E-state index is 12.2. The van der Waals surface area contributed by atoms with Crippen molar-refractivity contribution in [3.8, 4) is 0 Å². The number of hydrogen-bond acceptors (Lipinski definition) is 3. The van der Waals surface area contributed by atoms with E-state index in [1.54, 1.807) is 6.08 Å². The zero-order valence-electron chi connectivity index (χ0n) is 11.8. The first kappa shape index (κ1) is 15.7. The molecule has 0 amide bonds. The molecule has 114 valence electrons. The molecule has 3 atom stereocenters. The minimum Gasteiger partial charge on any atom is -0.481 e. The van der Waals surface area contributed by atoms with E-state index in [9.17, 15) is 13.2 Å². The lowest BCUT2D eigenvalue weighted by Crippen LogP contribution is -2.36. The van der Waals surface area contributed by atoms with Crippen LogP contribution in [0, 0.1) is 5.92 Å². The van der Waals surface area contributed by atoms with E-state index in [4.69, 9.17) is 5.11 Å². The minimum atomic E-state index is -3.46. The highest BCUT2D eigenvalue weighted by Crippen LogP contribution is 2.20. The van der Waals surface area contributed by atoms with Crippen molar-refractivity contribution in [2.45, 2.75) is 25.3 Å². The predicted molar refractivity (Wildman–Crippen MR) is 80.5 cm³/mol. The van der Waals surface area contributed by atoms with E-state index in [1.165, 1.54) is 6.08 Å². The van der Waals surface area contributed by atoms with E-state index in [-0.39, 0.29) is 18.1 Å². The van der Waals surface area contributed by atoms with E-state index in [1.807, 2.05) is 37.3 Å². The van der Waals surface area contributed by atoms with Crippen LogP contribution in [0.2, 0.25) is 0 Å². The van der Waals surface area contributed by atoms with Gasteiger partial charge in [0.2, 0.25) is 10.0 Å². The van der Waals surface area contributed by atoms with Crippen LogP contribution < -0.4 is 4.72 Å². The van der Waals surface area contributed by atoms with E-state index in [2.05, 4.69) is 4.72 Å². The van der Waals surface area contributed by atoms with Gasteiger partial charge in [-0.25, -0.2) is 13.1 Å². The van der Waals surface area contributed by atoms with Crippen LogP contribution in [0.3, 0.4) is 0 Å². The molecule has 0 radical (unpaired) electrons. The van der Waals surface area contributed by atoms with Crippen molar-refractivity contribution < 1.29 is 18.3 Å². The van der Waals surface area contributed by atoms with Crippen molar-refractivity contribution in [1.29, 1.82) is 0 Å². The number of benzene rings is 1. The standard InChI is InChI=1S/C15H19NO4S/c1-11(12-5-3-2-4-6-12)10-21(19,20)16-14-8-7-13(9-14)15(17)18/h2-8,11,13-14,16H,9-10H2,1H3,(H,17,18). The van der Waals surface area contributed by atoms with Crippen LogP contribution in [0.15, 0.2) is 42.5 Å². The maximum absolute atomic E-state index is 12.2. The number of nitrogens with one attached hydrogen (secondary N) is 1. The zero-order valence-corrected chi connectivity index (χ0v) is 12.6. The Hall–Kier alpha value is -1.66. The van der Waals surface area contributed by atoms with Crippen molar-refractivity contribution in [3.05, 3.63) is 48.0 Å². The normalized spacial score (nSPS) is 23.1. The molecule has 1 aliphatic rings. The van der Waals surface area contributed by atoms with Crippen LogP contribution >= 0.6 is 0 Å². The summed E-state index contributed by atoms with van der Waals surface area (Å²) in [7, 11) is -3.46. The first-order chi connectivity index (χ1) is 9.87. The second-order valence-corrected chi connectivity index (χ2v) is 7.18. The highest BCUT2D eigenvalue weighted by molar-refractivity contribution is 7.89. The number of carboxylic acids is 1. The smallest absolute Gasteiger partial charge is 0.310 e. The molecule has 5 nitrogen and oxygen atoms in total. The predicted octanol–water partition coefficient (Wildman–Crippen LogP) is 1.74. The first-order valence-electron chi connectivity index (χ1n) is 6.83. The molecule has 1 aromatic rings. The van der Waals surface area contributed by atoms with Crippen molar-refractivity contribution in [2.24, 2.45) is 5.92 Å². The maximum Gasteiger partial charge on any atom is 0.310 e. The van der Waals surface area contributed by atoms with Gasteiger partial charge in [0.25, 0.3) is 0 Å². The summed E-state index contributed by atoms with van der Waals surface area (Å²) in [5.74, 6) is -1.67. The molecular formula is C15H19NO4S. The fourth-order valence-electron chi connectivity index (χ4n) is 2.46. The molecule has 0 bridgehead atoms. The highest BCUT2D eigenvalue weighted by Gasteiger charge is 2.28. The molecule has 0 saturated carbocycles. The Labute approximate surface area is 124 Å². The molecular weight excluding hydrogens is 290 g/mol. The topological polar surface area (TPSA) is 83.5 Å². The number of aliphatic carboxylic acids is 1. The average molecular weight is 309 g/mol. The quantitative estimate of drug-likeness (QED) is 0.784. The number of hydrogen-bond donors (Lipinski definition) is 2. The first-order valence-corrected chi connectivity index (χ1v) is 8.48. The molecule has 0 aromatic heterocycles. The molecule has 2 rings (SSSR count). The van der Waals surface area contributed by atoms with Crippen molar-refractivity contribution in [2.75, 3.05) is 5.75 Å². The minimum absolute atomic E-state index is 0.0148. The Bertz CT molecular complexity index is 624. The summed E-state index contributed by atoms with van der Waals surface area (Å²) in [4.78, 5) is 10.8. The number of rotatable bonds is 6. The Balaban J connectivity index is 1.94. The van der Waals surface area contributed by atoms with Gasteiger partial charge in [0.1, 0.15) is 0 Å². The summed E-state index contributed by atoms with van der Waals surface area (Å²) < 4.78 is 26.9. The average Bonchev–Trinajstić information content (AvgIpc) is 2.87. The fraction of sp³-hybridized carbons (Fsp3) is 0.400. The number of carboxylic acid groups (broad SMARTS) is 1. The van der Waals surface area contributed by atoms with Gasteiger partial charge in [-0.3, -0.25) is 4.79 Å². The molecule has 6 heteroatoms. The Morgan fingerprint density at radius 3 is 2.57 bits per heavy atom. The van der Waals surface area contributed by atoms with Gasteiger partial charge in [-0.2, -0.15) is 0 Å². The molecule has 21 heavy (non-hydrogen) atoms. The van der Waals surface area contributed by atoms with Crippen molar-refractivity contribution in [1.82, 2.24) is 4.72 Å². The molecule has 1 aliphatic carbocycles. The van der Waals surface area contributed by atoms with Gasteiger partial charge in [0.05, 0.1) is 11.7 Å². The molecule has 0 saturated heterocycles. The zero-order chi connectivity index (χ0) is 15.5. The van der Waals surface area contributed by atoms with Crippen LogP contribution in [0.1, 0.15) is 24.8 Å². The van der Waals surface area contributed by atoms with Crippen LogP contribution in [0.5, 0.6) is 0 Å². The third-order valence-electron chi connectivity index (χ3n) is 3.57. The van der Waals surface area contributed by atoms with Crippen molar-refractivity contribution in [3.63, 3.8) is 0 Å². The largest absolute Gasteiger partial charge is 0.481 e. The van der Waals surface area contributed by atoms with E-state index < -0.39 is 28.0 Å². The van der Waals surface area contributed by atoms with Gasteiger partial charge in [0.15, 0.2) is 0 Å².